The van der Waals surface area contributed by atoms with E-state index in [1.165, 1.54) is 21.2 Å². The predicted octanol–water partition coefficient (Wildman–Crippen LogP) is 5.96. The van der Waals surface area contributed by atoms with Gasteiger partial charge in [-0.2, -0.15) is 0 Å². The van der Waals surface area contributed by atoms with E-state index in [4.69, 9.17) is 4.74 Å². The minimum absolute atomic E-state index is 0.0717. The fourth-order valence-electron chi connectivity index (χ4n) is 5.86. The van der Waals surface area contributed by atoms with Crippen LogP contribution in [0.4, 0.5) is 11.4 Å². The van der Waals surface area contributed by atoms with Crippen molar-refractivity contribution in [3.8, 4) is 5.75 Å². The molecule has 10 heteroatoms. The molecule has 1 N–H and O–H groups in total. The molecule has 4 aromatic rings. The largest absolute Gasteiger partial charge is 0.497 e. The van der Waals surface area contributed by atoms with Crippen LogP contribution in [0.1, 0.15) is 48.3 Å². The SMILES string of the molecule is COc1ccc(N2C(=O)C3Sc4c(sc(=O)n4CC(=O)Nc4cccc(C)c4)[C@H](c4ccc(C(C)(C)C)cc4)C3C2=O)cc1. The van der Waals surface area contributed by atoms with E-state index in [9.17, 15) is 19.2 Å². The Balaban J connectivity index is 1.41. The first-order chi connectivity index (χ1) is 21.0. The molecule has 44 heavy (non-hydrogen) atoms. The van der Waals surface area contributed by atoms with Crippen molar-refractivity contribution in [3.63, 3.8) is 0 Å². The number of carbonyl (C=O) groups is 3. The summed E-state index contributed by atoms with van der Waals surface area (Å²) in [7, 11) is 1.56. The van der Waals surface area contributed by atoms with E-state index in [2.05, 4.69) is 26.1 Å². The van der Waals surface area contributed by atoms with Crippen LogP contribution in [0.3, 0.4) is 0 Å². The minimum atomic E-state index is -0.760. The summed E-state index contributed by atoms with van der Waals surface area (Å²) >= 11 is 2.25. The predicted molar refractivity (Wildman–Crippen MR) is 174 cm³/mol. The lowest BCUT2D eigenvalue weighted by Gasteiger charge is -2.31. The van der Waals surface area contributed by atoms with Gasteiger partial charge in [-0.05, 0) is 65.4 Å². The molecule has 0 radical (unpaired) electrons. The molecule has 2 unspecified atom stereocenters. The van der Waals surface area contributed by atoms with Crippen molar-refractivity contribution in [3.05, 3.63) is 104 Å². The highest BCUT2D eigenvalue weighted by Crippen LogP contribution is 2.54. The fraction of sp³-hybridized carbons (Fsp3) is 0.294. The van der Waals surface area contributed by atoms with Crippen molar-refractivity contribution in [2.45, 2.75) is 55.8 Å². The van der Waals surface area contributed by atoms with Crippen molar-refractivity contribution in [2.75, 3.05) is 17.3 Å². The zero-order valence-electron chi connectivity index (χ0n) is 25.1. The summed E-state index contributed by atoms with van der Waals surface area (Å²) in [6.45, 7) is 8.13. The average Bonchev–Trinajstić information content (AvgIpc) is 3.43. The summed E-state index contributed by atoms with van der Waals surface area (Å²) in [5.74, 6) is -1.62. The zero-order chi connectivity index (χ0) is 31.3. The number of rotatable bonds is 6. The van der Waals surface area contributed by atoms with Crippen LogP contribution < -0.4 is 19.8 Å². The Labute approximate surface area is 264 Å². The molecule has 6 rings (SSSR count). The van der Waals surface area contributed by atoms with E-state index in [0.717, 1.165) is 28.0 Å². The Kier molecular flexibility index (Phi) is 7.75. The molecule has 2 aliphatic heterocycles. The molecular formula is C34H33N3O5S2. The van der Waals surface area contributed by atoms with Gasteiger partial charge < -0.3 is 10.1 Å². The highest BCUT2D eigenvalue weighted by atomic mass is 32.2. The number of anilines is 2. The maximum absolute atomic E-state index is 14.1. The standard InChI is InChI=1S/C34H33N3O5S2/c1-19-7-6-8-22(17-19)35-25(38)18-36-32-29(44-33(36)41)26(20-9-11-21(12-10-20)34(2,3)4)27-28(43-32)31(40)37(30(27)39)23-13-15-24(42-5)16-14-23/h6-17,26-28H,18H2,1-5H3,(H,35,38)/t26-,27?,28?/m1/s1. The second-order valence-electron chi connectivity index (χ2n) is 12.2. The third-order valence-electron chi connectivity index (χ3n) is 8.12. The molecule has 3 aromatic carbocycles. The first-order valence-corrected chi connectivity index (χ1v) is 16.0. The lowest BCUT2D eigenvalue weighted by atomic mass is 9.81. The number of imide groups is 1. The molecule has 0 bridgehead atoms. The molecule has 3 atom stereocenters. The zero-order valence-corrected chi connectivity index (χ0v) is 26.8. The highest BCUT2D eigenvalue weighted by Gasteiger charge is 2.56. The lowest BCUT2D eigenvalue weighted by Crippen LogP contribution is -2.33. The summed E-state index contributed by atoms with van der Waals surface area (Å²) in [5.41, 5.74) is 4.03. The average molecular weight is 628 g/mol. The van der Waals surface area contributed by atoms with E-state index < -0.39 is 17.1 Å². The number of nitrogens with zero attached hydrogens (tertiary/aromatic N) is 2. The third kappa shape index (κ3) is 5.37. The van der Waals surface area contributed by atoms with Gasteiger partial charge in [0.2, 0.25) is 17.7 Å². The Hall–Kier alpha value is -4.15. The van der Waals surface area contributed by atoms with Crippen LogP contribution >= 0.6 is 23.1 Å². The Bertz CT molecular complexity index is 1820. The van der Waals surface area contributed by atoms with Crippen molar-refractivity contribution >= 4 is 52.2 Å². The summed E-state index contributed by atoms with van der Waals surface area (Å²) in [4.78, 5) is 56.3. The van der Waals surface area contributed by atoms with E-state index >= 15 is 0 Å². The van der Waals surface area contributed by atoms with Gasteiger partial charge in [-0.15, -0.1) is 0 Å². The Morgan fingerprint density at radius 2 is 1.66 bits per heavy atom. The normalized spacial score (nSPS) is 19.5. The molecular weight excluding hydrogens is 595 g/mol. The molecule has 3 amide bonds. The molecule has 226 valence electrons. The number of hydrogen-bond acceptors (Lipinski definition) is 7. The fourth-order valence-corrected chi connectivity index (χ4v) is 8.63. The summed E-state index contributed by atoms with van der Waals surface area (Å²) in [5, 5.41) is 2.67. The van der Waals surface area contributed by atoms with E-state index in [1.54, 1.807) is 37.4 Å². The van der Waals surface area contributed by atoms with Gasteiger partial charge in [0.1, 0.15) is 17.5 Å². The van der Waals surface area contributed by atoms with E-state index in [-0.39, 0.29) is 34.6 Å². The smallest absolute Gasteiger partial charge is 0.308 e. The van der Waals surface area contributed by atoms with Gasteiger partial charge in [0.15, 0.2) is 0 Å². The number of thiazole rings is 1. The van der Waals surface area contributed by atoms with Crippen LogP contribution in [0.5, 0.6) is 5.75 Å². The molecule has 1 aromatic heterocycles. The lowest BCUT2D eigenvalue weighted by molar-refractivity contribution is -0.122. The second-order valence-corrected chi connectivity index (χ2v) is 14.3. The van der Waals surface area contributed by atoms with Crippen molar-refractivity contribution in [2.24, 2.45) is 5.92 Å². The molecule has 3 heterocycles. The number of methoxy groups -OCH3 is 1. The van der Waals surface area contributed by atoms with E-state index in [1.807, 2.05) is 49.4 Å². The van der Waals surface area contributed by atoms with Crippen LogP contribution in [0.15, 0.2) is 82.6 Å². The maximum Gasteiger partial charge on any atom is 0.308 e. The Morgan fingerprint density at radius 1 is 0.955 bits per heavy atom. The number of aryl methyl sites for hydroxylation is 1. The highest BCUT2D eigenvalue weighted by molar-refractivity contribution is 8.00. The van der Waals surface area contributed by atoms with Crippen molar-refractivity contribution < 1.29 is 19.1 Å². The number of thioether (sulfide) groups is 1. The number of ether oxygens (including phenoxy) is 1. The first kappa shape index (κ1) is 29.9. The van der Waals surface area contributed by atoms with Gasteiger partial charge in [0.05, 0.1) is 23.7 Å². The molecule has 8 nitrogen and oxygen atoms in total. The van der Waals surface area contributed by atoms with Gasteiger partial charge in [0, 0.05) is 16.5 Å². The first-order valence-electron chi connectivity index (χ1n) is 14.4. The van der Waals surface area contributed by atoms with Crippen LogP contribution in [0.25, 0.3) is 0 Å². The van der Waals surface area contributed by atoms with Gasteiger partial charge in [-0.25, -0.2) is 4.90 Å². The second kappa shape index (κ2) is 11.4. The topological polar surface area (TPSA) is 97.7 Å². The summed E-state index contributed by atoms with van der Waals surface area (Å²) < 4.78 is 6.70. The Morgan fingerprint density at radius 3 is 2.30 bits per heavy atom. The molecule has 2 aliphatic rings. The van der Waals surface area contributed by atoms with Crippen molar-refractivity contribution in [1.29, 1.82) is 0 Å². The number of carbonyl (C=O) groups excluding carboxylic acids is 3. The van der Waals surface area contributed by atoms with E-state index in [0.29, 0.717) is 27.0 Å². The molecule has 0 saturated carbocycles. The van der Waals surface area contributed by atoms with Gasteiger partial charge >= 0.3 is 4.87 Å². The van der Waals surface area contributed by atoms with Crippen LogP contribution in [0.2, 0.25) is 0 Å². The quantitative estimate of drug-likeness (QED) is 0.265. The number of hydrogen-bond donors (Lipinski definition) is 1. The number of benzene rings is 3. The van der Waals surface area contributed by atoms with Crippen molar-refractivity contribution in [1.82, 2.24) is 4.57 Å². The molecule has 0 aliphatic carbocycles. The monoisotopic (exact) mass is 627 g/mol. The summed E-state index contributed by atoms with van der Waals surface area (Å²) in [6.07, 6.45) is 0. The van der Waals surface area contributed by atoms with Crippen LogP contribution in [-0.4, -0.2) is 34.6 Å². The molecule has 0 spiro atoms. The number of amides is 3. The van der Waals surface area contributed by atoms with Crippen LogP contribution in [-0.2, 0) is 26.3 Å². The maximum atomic E-state index is 14.1. The van der Waals surface area contributed by atoms with Crippen LogP contribution in [0, 0.1) is 12.8 Å². The molecule has 1 saturated heterocycles. The number of fused-ring (bicyclic) bond motifs is 2. The van der Waals surface area contributed by atoms with Gasteiger partial charge in [-0.3, -0.25) is 23.7 Å². The van der Waals surface area contributed by atoms with Gasteiger partial charge in [0.25, 0.3) is 0 Å². The number of aromatic nitrogens is 1. The third-order valence-corrected chi connectivity index (χ3v) is 10.7. The molecule has 1 fully saturated rings. The number of nitrogens with one attached hydrogen (secondary N) is 1. The van der Waals surface area contributed by atoms with Gasteiger partial charge in [-0.1, -0.05) is 80.3 Å². The summed E-state index contributed by atoms with van der Waals surface area (Å²) in [6, 6.07) is 22.4. The minimum Gasteiger partial charge on any atom is -0.497 e.